The molecule has 0 saturated carbocycles. The van der Waals surface area contributed by atoms with Gasteiger partial charge in [0.25, 0.3) is 5.91 Å². The van der Waals surface area contributed by atoms with E-state index in [0.29, 0.717) is 45.0 Å². The molecule has 1 amide bonds. The molecule has 2 aliphatic heterocycles. The van der Waals surface area contributed by atoms with Crippen molar-refractivity contribution in [1.82, 2.24) is 14.1 Å². The van der Waals surface area contributed by atoms with Crippen LogP contribution in [-0.4, -0.2) is 87.0 Å². The molecule has 0 N–H and O–H groups in total. The number of rotatable bonds is 3. The molecule has 1 aromatic carbocycles. The molecule has 0 bridgehead atoms. The molecular weight excluding hydrogens is 354 g/mol. The van der Waals surface area contributed by atoms with Crippen LogP contribution in [0.25, 0.3) is 0 Å². The van der Waals surface area contributed by atoms with Crippen molar-refractivity contribution in [2.24, 2.45) is 0 Å². The fourth-order valence-electron chi connectivity index (χ4n) is 3.52. The molecule has 2 aliphatic rings. The Balaban J connectivity index is 1.85. The smallest absolute Gasteiger partial charge is 0.254 e. The van der Waals surface area contributed by atoms with Crippen molar-refractivity contribution in [3.05, 3.63) is 29.8 Å². The van der Waals surface area contributed by atoms with Gasteiger partial charge in [-0.25, -0.2) is 8.42 Å². The van der Waals surface area contributed by atoms with Gasteiger partial charge in [-0.1, -0.05) is 6.07 Å². The number of carbonyl (C=O) groups excluding carboxylic acids is 1. The van der Waals surface area contributed by atoms with E-state index in [4.69, 9.17) is 4.74 Å². The van der Waals surface area contributed by atoms with Crippen LogP contribution in [0.1, 0.15) is 24.2 Å². The second kappa shape index (κ2) is 7.64. The van der Waals surface area contributed by atoms with E-state index < -0.39 is 10.0 Å². The number of piperazine rings is 1. The minimum absolute atomic E-state index is 0.0378. The standard InChI is InChI=1S/C18H27N3O4S/c1-14-12-25-13-15(2)21(14)18(22)16-5-4-6-17(11-16)26(23,24)20-9-7-19(3)8-10-20/h4-6,11,14-15H,7-10,12-13H2,1-3H3/t14-,15+. The molecule has 2 fully saturated rings. The van der Waals surface area contributed by atoms with Gasteiger partial charge in [0.1, 0.15) is 0 Å². The van der Waals surface area contributed by atoms with Gasteiger partial charge < -0.3 is 14.5 Å². The average Bonchev–Trinajstić information content (AvgIpc) is 2.62. The lowest BCUT2D eigenvalue weighted by Crippen LogP contribution is -2.52. The highest BCUT2D eigenvalue weighted by molar-refractivity contribution is 7.89. The molecule has 0 radical (unpaired) electrons. The number of hydrogen-bond donors (Lipinski definition) is 0. The van der Waals surface area contributed by atoms with Crippen molar-refractivity contribution in [3.63, 3.8) is 0 Å². The monoisotopic (exact) mass is 381 g/mol. The number of ether oxygens (including phenoxy) is 1. The van der Waals surface area contributed by atoms with E-state index in [1.807, 2.05) is 20.9 Å². The summed E-state index contributed by atoms with van der Waals surface area (Å²) in [6.45, 7) is 7.23. The first-order valence-corrected chi connectivity index (χ1v) is 10.4. The van der Waals surface area contributed by atoms with E-state index in [2.05, 4.69) is 4.90 Å². The topological polar surface area (TPSA) is 70.2 Å². The lowest BCUT2D eigenvalue weighted by atomic mass is 10.1. The Morgan fingerprint density at radius 2 is 1.69 bits per heavy atom. The second-order valence-corrected chi connectivity index (χ2v) is 9.12. The van der Waals surface area contributed by atoms with Gasteiger partial charge in [-0.3, -0.25) is 4.79 Å². The molecule has 8 heteroatoms. The van der Waals surface area contributed by atoms with Crippen molar-refractivity contribution < 1.29 is 17.9 Å². The zero-order valence-corrected chi connectivity index (χ0v) is 16.4. The Kier molecular flexibility index (Phi) is 5.67. The van der Waals surface area contributed by atoms with E-state index >= 15 is 0 Å². The number of nitrogens with zero attached hydrogens (tertiary/aromatic N) is 3. The minimum atomic E-state index is -3.59. The number of hydrogen-bond acceptors (Lipinski definition) is 5. The highest BCUT2D eigenvalue weighted by Crippen LogP contribution is 2.22. The predicted octanol–water partition coefficient (Wildman–Crippen LogP) is 0.872. The van der Waals surface area contributed by atoms with Gasteiger partial charge in [0, 0.05) is 31.7 Å². The van der Waals surface area contributed by atoms with Crippen LogP contribution in [-0.2, 0) is 14.8 Å². The Hall–Kier alpha value is -1.48. The van der Waals surface area contributed by atoms with Gasteiger partial charge in [0.2, 0.25) is 10.0 Å². The SMILES string of the molecule is C[C@@H]1COC[C@H](C)N1C(=O)c1cccc(S(=O)(=O)N2CCN(C)CC2)c1. The van der Waals surface area contributed by atoms with Crippen LogP contribution in [0.3, 0.4) is 0 Å². The van der Waals surface area contributed by atoms with Crippen molar-refractivity contribution in [2.45, 2.75) is 30.8 Å². The first-order valence-electron chi connectivity index (χ1n) is 9.00. The Labute approximate surface area is 155 Å². The summed E-state index contributed by atoms with van der Waals surface area (Å²) in [4.78, 5) is 17.0. The molecule has 2 heterocycles. The predicted molar refractivity (Wildman–Crippen MR) is 98.6 cm³/mol. The highest BCUT2D eigenvalue weighted by atomic mass is 32.2. The first kappa shape index (κ1) is 19.3. The number of sulfonamides is 1. The summed E-state index contributed by atoms with van der Waals surface area (Å²) in [6, 6.07) is 6.32. The van der Waals surface area contributed by atoms with E-state index in [9.17, 15) is 13.2 Å². The summed E-state index contributed by atoms with van der Waals surface area (Å²) in [7, 11) is -1.61. The van der Waals surface area contributed by atoms with Gasteiger partial charge in [0.05, 0.1) is 30.2 Å². The van der Waals surface area contributed by atoms with Gasteiger partial charge in [-0.05, 0) is 39.1 Å². The number of carbonyl (C=O) groups is 1. The molecule has 0 aliphatic carbocycles. The Bertz CT molecular complexity index is 749. The highest BCUT2D eigenvalue weighted by Gasteiger charge is 2.32. The van der Waals surface area contributed by atoms with Crippen molar-refractivity contribution in [1.29, 1.82) is 0 Å². The lowest BCUT2D eigenvalue weighted by molar-refractivity contribution is -0.0249. The third-order valence-corrected chi connectivity index (χ3v) is 6.98. The summed E-state index contributed by atoms with van der Waals surface area (Å²) in [5.41, 5.74) is 0.404. The maximum absolute atomic E-state index is 13.0. The molecule has 2 atom stereocenters. The van der Waals surface area contributed by atoms with Gasteiger partial charge >= 0.3 is 0 Å². The van der Waals surface area contributed by atoms with Crippen LogP contribution in [0.4, 0.5) is 0 Å². The minimum Gasteiger partial charge on any atom is -0.377 e. The van der Waals surface area contributed by atoms with E-state index in [-0.39, 0.29) is 22.9 Å². The molecule has 1 aromatic rings. The van der Waals surface area contributed by atoms with Crippen LogP contribution in [0.15, 0.2) is 29.2 Å². The number of morpholine rings is 1. The molecule has 3 rings (SSSR count). The third-order valence-electron chi connectivity index (χ3n) is 5.08. The molecule has 7 nitrogen and oxygen atoms in total. The van der Waals surface area contributed by atoms with Crippen LogP contribution < -0.4 is 0 Å². The summed E-state index contributed by atoms with van der Waals surface area (Å²) >= 11 is 0. The second-order valence-electron chi connectivity index (χ2n) is 7.18. The zero-order chi connectivity index (χ0) is 18.9. The summed E-state index contributed by atoms with van der Waals surface area (Å²) in [6.07, 6.45) is 0. The number of amides is 1. The van der Waals surface area contributed by atoms with Crippen molar-refractivity contribution in [2.75, 3.05) is 46.4 Å². The molecule has 144 valence electrons. The summed E-state index contributed by atoms with van der Waals surface area (Å²) < 4.78 is 32.8. The van der Waals surface area contributed by atoms with Crippen molar-refractivity contribution >= 4 is 15.9 Å². The van der Waals surface area contributed by atoms with Crippen LogP contribution >= 0.6 is 0 Å². The van der Waals surface area contributed by atoms with Crippen LogP contribution in [0.2, 0.25) is 0 Å². The molecule has 0 aromatic heterocycles. The summed E-state index contributed by atoms with van der Waals surface area (Å²) in [5, 5.41) is 0. The normalized spacial score (nSPS) is 26.0. The average molecular weight is 381 g/mol. The number of likely N-dealkylation sites (N-methyl/N-ethyl adjacent to an activating group) is 1. The zero-order valence-electron chi connectivity index (χ0n) is 15.6. The fraction of sp³-hybridized carbons (Fsp3) is 0.611. The molecular formula is C18H27N3O4S. The summed E-state index contributed by atoms with van der Waals surface area (Å²) in [5.74, 6) is -0.149. The Morgan fingerprint density at radius 1 is 1.08 bits per heavy atom. The van der Waals surface area contributed by atoms with Gasteiger partial charge in [-0.2, -0.15) is 4.31 Å². The first-order chi connectivity index (χ1) is 12.3. The largest absolute Gasteiger partial charge is 0.377 e. The molecule has 2 saturated heterocycles. The molecule has 0 spiro atoms. The quantitative estimate of drug-likeness (QED) is 0.777. The maximum Gasteiger partial charge on any atom is 0.254 e. The fourth-order valence-corrected chi connectivity index (χ4v) is 4.99. The third kappa shape index (κ3) is 3.78. The van der Waals surface area contributed by atoms with E-state index in [1.54, 1.807) is 23.1 Å². The lowest BCUT2D eigenvalue weighted by Gasteiger charge is -2.39. The number of benzene rings is 1. The van der Waals surface area contributed by atoms with Crippen molar-refractivity contribution in [3.8, 4) is 0 Å². The van der Waals surface area contributed by atoms with E-state index in [0.717, 1.165) is 0 Å². The van der Waals surface area contributed by atoms with Gasteiger partial charge in [-0.15, -0.1) is 0 Å². The Morgan fingerprint density at radius 3 is 2.31 bits per heavy atom. The van der Waals surface area contributed by atoms with Crippen LogP contribution in [0, 0.1) is 0 Å². The van der Waals surface area contributed by atoms with Gasteiger partial charge in [0.15, 0.2) is 0 Å². The van der Waals surface area contributed by atoms with Crippen LogP contribution in [0.5, 0.6) is 0 Å². The maximum atomic E-state index is 13.0. The molecule has 0 unspecified atom stereocenters. The molecule has 26 heavy (non-hydrogen) atoms. The van der Waals surface area contributed by atoms with E-state index in [1.165, 1.54) is 10.4 Å².